The average Bonchev–Trinajstić information content (AvgIpc) is 2.46. The average molecular weight is 315 g/mol. The molecule has 0 unspecified atom stereocenters. The first-order valence-corrected chi connectivity index (χ1v) is 8.56. The molecule has 5 rings (SSSR count). The second kappa shape index (κ2) is 5.30. The maximum atomic E-state index is 12.8. The predicted molar refractivity (Wildman–Crippen MR) is 89.2 cm³/mol. The van der Waals surface area contributed by atoms with E-state index in [2.05, 4.69) is 15.6 Å². The van der Waals surface area contributed by atoms with Gasteiger partial charge in [-0.3, -0.25) is 9.78 Å². The van der Waals surface area contributed by atoms with Crippen LogP contribution in [0.3, 0.4) is 0 Å². The van der Waals surface area contributed by atoms with Crippen LogP contribution in [-0.2, 0) is 4.79 Å². The fourth-order valence-electron chi connectivity index (χ4n) is 5.22. The Balaban J connectivity index is 1.43. The second-order valence-corrected chi connectivity index (χ2v) is 7.75. The van der Waals surface area contributed by atoms with E-state index in [-0.39, 0.29) is 11.3 Å². The van der Waals surface area contributed by atoms with Crippen molar-refractivity contribution in [3.63, 3.8) is 0 Å². The van der Waals surface area contributed by atoms with E-state index in [1.165, 1.54) is 19.3 Å². The van der Waals surface area contributed by atoms with Gasteiger partial charge in [-0.05, 0) is 80.6 Å². The summed E-state index contributed by atoms with van der Waals surface area (Å²) in [6.45, 7) is 0. The van der Waals surface area contributed by atoms with Gasteiger partial charge in [0.25, 0.3) is 0 Å². The van der Waals surface area contributed by atoms with E-state index in [4.69, 9.17) is 12.2 Å². The molecule has 116 valence electrons. The normalized spacial score (nSPS) is 35.2. The fraction of sp³-hybridized carbons (Fsp3) is 0.588. The van der Waals surface area contributed by atoms with Crippen molar-refractivity contribution in [3.8, 4) is 0 Å². The largest absolute Gasteiger partial charge is 0.332 e. The molecule has 22 heavy (non-hydrogen) atoms. The van der Waals surface area contributed by atoms with E-state index >= 15 is 0 Å². The van der Waals surface area contributed by atoms with Crippen LogP contribution in [0.4, 0.5) is 5.69 Å². The van der Waals surface area contributed by atoms with Crippen LogP contribution in [0.15, 0.2) is 24.5 Å². The Bertz CT molecular complexity index is 566. The molecule has 4 fully saturated rings. The molecule has 0 spiro atoms. The van der Waals surface area contributed by atoms with Crippen LogP contribution < -0.4 is 10.6 Å². The summed E-state index contributed by atoms with van der Waals surface area (Å²) in [5, 5.41) is 6.41. The molecule has 1 amide bonds. The van der Waals surface area contributed by atoms with Crippen molar-refractivity contribution in [2.75, 3.05) is 5.32 Å². The summed E-state index contributed by atoms with van der Waals surface area (Å²) >= 11 is 5.30. The van der Waals surface area contributed by atoms with Gasteiger partial charge in [-0.2, -0.15) is 0 Å². The maximum Gasteiger partial charge on any atom is 0.232 e. The lowest BCUT2D eigenvalue weighted by molar-refractivity contribution is -0.144. The Kier molecular flexibility index (Phi) is 3.40. The minimum atomic E-state index is -0.154. The molecule has 0 atom stereocenters. The van der Waals surface area contributed by atoms with Crippen LogP contribution in [-0.4, -0.2) is 16.0 Å². The van der Waals surface area contributed by atoms with Crippen molar-refractivity contribution in [2.24, 2.45) is 23.2 Å². The molecule has 4 saturated carbocycles. The van der Waals surface area contributed by atoms with Gasteiger partial charge in [-0.25, -0.2) is 0 Å². The molecule has 0 saturated heterocycles. The molecular formula is C17H21N3OS. The van der Waals surface area contributed by atoms with E-state index in [0.29, 0.717) is 5.11 Å². The number of hydrogen-bond donors (Lipinski definition) is 2. The number of aromatic nitrogens is 1. The van der Waals surface area contributed by atoms with E-state index in [1.54, 1.807) is 12.4 Å². The number of carbonyl (C=O) groups is 1. The molecule has 1 heterocycles. The number of anilines is 1. The highest BCUT2D eigenvalue weighted by Gasteiger charge is 2.54. The molecule has 5 heteroatoms. The van der Waals surface area contributed by atoms with Gasteiger partial charge in [0, 0.05) is 18.1 Å². The quantitative estimate of drug-likeness (QED) is 0.824. The molecule has 0 aromatic carbocycles. The summed E-state index contributed by atoms with van der Waals surface area (Å²) in [4.78, 5) is 16.8. The van der Waals surface area contributed by atoms with Gasteiger partial charge in [-0.15, -0.1) is 0 Å². The first-order valence-electron chi connectivity index (χ1n) is 8.15. The molecule has 0 aliphatic heterocycles. The van der Waals surface area contributed by atoms with E-state index in [9.17, 15) is 4.79 Å². The van der Waals surface area contributed by atoms with Gasteiger partial charge >= 0.3 is 0 Å². The number of amides is 1. The lowest BCUT2D eigenvalue weighted by Gasteiger charge is -2.55. The summed E-state index contributed by atoms with van der Waals surface area (Å²) in [7, 11) is 0. The maximum absolute atomic E-state index is 12.8. The Hall–Kier alpha value is -1.49. The van der Waals surface area contributed by atoms with Crippen molar-refractivity contribution in [3.05, 3.63) is 24.5 Å². The summed E-state index contributed by atoms with van der Waals surface area (Å²) < 4.78 is 0. The zero-order valence-electron chi connectivity index (χ0n) is 12.5. The van der Waals surface area contributed by atoms with Crippen molar-refractivity contribution >= 4 is 28.9 Å². The molecule has 4 bridgehead atoms. The summed E-state index contributed by atoms with van der Waals surface area (Å²) in [5.74, 6) is 2.43. The number of nitrogens with zero attached hydrogens (tertiary/aromatic N) is 1. The first-order chi connectivity index (χ1) is 10.6. The Labute approximate surface area is 136 Å². The fourth-order valence-corrected chi connectivity index (χ4v) is 5.43. The summed E-state index contributed by atoms with van der Waals surface area (Å²) in [6.07, 6.45) is 10.6. The first kappa shape index (κ1) is 14.1. The molecular weight excluding hydrogens is 294 g/mol. The minimum absolute atomic E-state index is 0.137. The van der Waals surface area contributed by atoms with Crippen LogP contribution in [0.2, 0.25) is 0 Å². The van der Waals surface area contributed by atoms with Gasteiger partial charge in [-0.1, -0.05) is 0 Å². The summed E-state index contributed by atoms with van der Waals surface area (Å²) in [5.41, 5.74) is 0.699. The highest BCUT2D eigenvalue weighted by Crippen LogP contribution is 2.60. The number of rotatable bonds is 2. The van der Waals surface area contributed by atoms with Crippen LogP contribution in [0, 0.1) is 23.2 Å². The van der Waals surface area contributed by atoms with E-state index in [0.717, 1.165) is 42.7 Å². The van der Waals surface area contributed by atoms with Crippen LogP contribution in [0.1, 0.15) is 38.5 Å². The number of pyridine rings is 1. The van der Waals surface area contributed by atoms with Crippen LogP contribution in [0.25, 0.3) is 0 Å². The molecule has 1 aromatic rings. The standard InChI is InChI=1S/C17H21N3OS/c21-15(20-16(22)19-14-1-3-18-4-2-14)17-8-11-5-12(9-17)7-13(6-11)10-17/h1-4,11-13H,5-10H2,(H2,18,19,20,21,22). The SMILES string of the molecule is O=C(NC(=S)Nc1ccncc1)C12CC3CC(CC(C3)C1)C2. The second-order valence-electron chi connectivity index (χ2n) is 7.34. The monoisotopic (exact) mass is 315 g/mol. The predicted octanol–water partition coefficient (Wildman–Crippen LogP) is 3.11. The third kappa shape index (κ3) is 2.51. The molecule has 4 aliphatic rings. The smallest absolute Gasteiger partial charge is 0.232 e. The van der Waals surface area contributed by atoms with Crippen molar-refractivity contribution < 1.29 is 4.79 Å². The van der Waals surface area contributed by atoms with Gasteiger partial charge in [0.15, 0.2) is 5.11 Å². The highest BCUT2D eigenvalue weighted by atomic mass is 32.1. The third-order valence-electron chi connectivity index (χ3n) is 5.69. The third-order valence-corrected chi connectivity index (χ3v) is 5.89. The lowest BCUT2D eigenvalue weighted by Crippen LogP contribution is -2.55. The van der Waals surface area contributed by atoms with Gasteiger partial charge in [0.2, 0.25) is 5.91 Å². The number of carbonyl (C=O) groups excluding carboxylic acids is 1. The van der Waals surface area contributed by atoms with Gasteiger partial charge < -0.3 is 10.6 Å². The van der Waals surface area contributed by atoms with Crippen molar-refractivity contribution in [2.45, 2.75) is 38.5 Å². The lowest BCUT2D eigenvalue weighted by atomic mass is 9.49. The molecule has 4 aliphatic carbocycles. The van der Waals surface area contributed by atoms with Gasteiger partial charge in [0.1, 0.15) is 0 Å². The topological polar surface area (TPSA) is 54.0 Å². The molecule has 0 radical (unpaired) electrons. The highest BCUT2D eigenvalue weighted by molar-refractivity contribution is 7.80. The van der Waals surface area contributed by atoms with E-state index in [1.807, 2.05) is 12.1 Å². The molecule has 1 aromatic heterocycles. The number of hydrogen-bond acceptors (Lipinski definition) is 3. The Morgan fingerprint density at radius 1 is 1.09 bits per heavy atom. The van der Waals surface area contributed by atoms with Crippen LogP contribution in [0.5, 0.6) is 0 Å². The van der Waals surface area contributed by atoms with Crippen molar-refractivity contribution in [1.82, 2.24) is 10.3 Å². The molecule has 2 N–H and O–H groups in total. The minimum Gasteiger partial charge on any atom is -0.332 e. The Morgan fingerprint density at radius 2 is 1.64 bits per heavy atom. The zero-order chi connectivity index (χ0) is 15.2. The van der Waals surface area contributed by atoms with E-state index < -0.39 is 0 Å². The number of thiocarbonyl (C=S) groups is 1. The molecule has 4 nitrogen and oxygen atoms in total. The summed E-state index contributed by atoms with van der Waals surface area (Å²) in [6, 6.07) is 3.67. The van der Waals surface area contributed by atoms with Crippen LogP contribution >= 0.6 is 12.2 Å². The Morgan fingerprint density at radius 3 is 2.18 bits per heavy atom. The number of nitrogens with one attached hydrogen (secondary N) is 2. The van der Waals surface area contributed by atoms with Crippen molar-refractivity contribution in [1.29, 1.82) is 0 Å². The zero-order valence-corrected chi connectivity index (χ0v) is 13.4. The van der Waals surface area contributed by atoms with Gasteiger partial charge in [0.05, 0.1) is 5.41 Å².